The number of imidazole rings is 1. The third kappa shape index (κ3) is 2.87. The molecule has 2 rings (SSSR count). The molecular formula is C13H18N4O. The second-order valence-corrected chi connectivity index (χ2v) is 4.03. The van der Waals surface area contributed by atoms with E-state index in [1.807, 2.05) is 18.3 Å². The average molecular weight is 246 g/mol. The van der Waals surface area contributed by atoms with Gasteiger partial charge in [0.2, 0.25) is 5.95 Å². The molecule has 2 aromatic heterocycles. The van der Waals surface area contributed by atoms with Crippen molar-refractivity contribution in [3.8, 4) is 0 Å². The van der Waals surface area contributed by atoms with Gasteiger partial charge in [0.15, 0.2) is 0 Å². The molecule has 1 atom stereocenters. The molecule has 0 radical (unpaired) electrons. The number of pyridine rings is 1. The topological polar surface area (TPSA) is 52.0 Å². The zero-order valence-electron chi connectivity index (χ0n) is 10.7. The van der Waals surface area contributed by atoms with Crippen LogP contribution in [-0.4, -0.2) is 34.8 Å². The van der Waals surface area contributed by atoms with Crippen LogP contribution in [-0.2, 0) is 4.74 Å². The zero-order valence-corrected chi connectivity index (χ0v) is 10.7. The summed E-state index contributed by atoms with van der Waals surface area (Å²) in [5.41, 5.74) is 1.21. The van der Waals surface area contributed by atoms with Crippen molar-refractivity contribution in [3.05, 3.63) is 42.5 Å². The normalized spacial score (nSPS) is 12.3. The van der Waals surface area contributed by atoms with Crippen LogP contribution in [0.2, 0.25) is 0 Å². The molecule has 5 heteroatoms. The van der Waals surface area contributed by atoms with Crippen molar-refractivity contribution in [2.45, 2.75) is 13.0 Å². The Hall–Kier alpha value is -1.88. The van der Waals surface area contributed by atoms with Gasteiger partial charge in [-0.05, 0) is 24.6 Å². The van der Waals surface area contributed by atoms with Crippen LogP contribution in [0.3, 0.4) is 0 Å². The van der Waals surface area contributed by atoms with Gasteiger partial charge < -0.3 is 14.6 Å². The van der Waals surface area contributed by atoms with Crippen molar-refractivity contribution in [2.75, 3.05) is 25.6 Å². The molecule has 96 valence electrons. The van der Waals surface area contributed by atoms with E-state index >= 15 is 0 Å². The average Bonchev–Trinajstić information content (AvgIpc) is 2.88. The van der Waals surface area contributed by atoms with E-state index < -0.39 is 0 Å². The second-order valence-electron chi connectivity index (χ2n) is 4.03. The minimum atomic E-state index is 0.223. The fourth-order valence-electron chi connectivity index (χ4n) is 1.83. The van der Waals surface area contributed by atoms with Gasteiger partial charge in [-0.15, -0.1) is 0 Å². The van der Waals surface area contributed by atoms with Gasteiger partial charge in [-0.1, -0.05) is 0 Å². The number of methoxy groups -OCH3 is 1. The Labute approximate surface area is 107 Å². The highest BCUT2D eigenvalue weighted by Crippen LogP contribution is 2.20. The van der Waals surface area contributed by atoms with Gasteiger partial charge in [-0.25, -0.2) is 4.98 Å². The first-order valence-corrected chi connectivity index (χ1v) is 5.98. The van der Waals surface area contributed by atoms with Crippen molar-refractivity contribution < 1.29 is 4.74 Å². The summed E-state index contributed by atoms with van der Waals surface area (Å²) in [4.78, 5) is 8.35. The number of aromatic nitrogens is 3. The Balaban J connectivity index is 2.11. The number of hydrogen-bond donors (Lipinski definition) is 1. The van der Waals surface area contributed by atoms with Gasteiger partial charge in [0.1, 0.15) is 0 Å². The van der Waals surface area contributed by atoms with Crippen molar-refractivity contribution in [3.63, 3.8) is 0 Å². The van der Waals surface area contributed by atoms with E-state index in [-0.39, 0.29) is 6.04 Å². The first-order valence-electron chi connectivity index (χ1n) is 5.98. The molecular weight excluding hydrogens is 228 g/mol. The minimum Gasteiger partial charge on any atom is -0.383 e. The minimum absolute atomic E-state index is 0.223. The molecule has 0 aliphatic carbocycles. The van der Waals surface area contributed by atoms with Crippen LogP contribution >= 0.6 is 0 Å². The summed E-state index contributed by atoms with van der Waals surface area (Å²) < 4.78 is 7.12. The monoisotopic (exact) mass is 246 g/mol. The maximum absolute atomic E-state index is 5.02. The molecule has 0 spiro atoms. The number of nitrogens with zero attached hydrogens (tertiary/aromatic N) is 3. The smallest absolute Gasteiger partial charge is 0.203 e. The molecule has 5 nitrogen and oxygen atoms in total. The maximum atomic E-state index is 5.02. The summed E-state index contributed by atoms with van der Waals surface area (Å²) in [6.07, 6.45) is 7.38. The third-order valence-electron chi connectivity index (χ3n) is 2.86. The summed E-state index contributed by atoms with van der Waals surface area (Å²) in [6, 6.07) is 4.26. The second kappa shape index (κ2) is 6.16. The number of anilines is 1. The number of ether oxygens (including phenoxy) is 1. The van der Waals surface area contributed by atoms with E-state index in [1.165, 1.54) is 5.56 Å². The van der Waals surface area contributed by atoms with E-state index in [1.54, 1.807) is 25.7 Å². The van der Waals surface area contributed by atoms with Crippen molar-refractivity contribution >= 4 is 5.95 Å². The highest BCUT2D eigenvalue weighted by atomic mass is 16.5. The van der Waals surface area contributed by atoms with Crippen LogP contribution in [0.4, 0.5) is 5.95 Å². The molecule has 0 amide bonds. The summed E-state index contributed by atoms with van der Waals surface area (Å²) in [5.74, 6) is 0.858. The molecule has 1 N–H and O–H groups in total. The predicted octanol–water partition coefficient (Wildman–Crippen LogP) is 1.95. The predicted molar refractivity (Wildman–Crippen MR) is 70.6 cm³/mol. The largest absolute Gasteiger partial charge is 0.383 e. The quantitative estimate of drug-likeness (QED) is 0.791. The van der Waals surface area contributed by atoms with Crippen LogP contribution in [0.15, 0.2) is 36.9 Å². The van der Waals surface area contributed by atoms with Crippen molar-refractivity contribution in [1.82, 2.24) is 14.5 Å². The van der Waals surface area contributed by atoms with E-state index in [2.05, 4.69) is 26.8 Å². The lowest BCUT2D eigenvalue weighted by Crippen LogP contribution is -2.15. The van der Waals surface area contributed by atoms with E-state index in [0.717, 1.165) is 12.5 Å². The number of nitrogens with one attached hydrogen (secondary N) is 1. The standard InChI is InChI=1S/C13H18N4O/c1-11(12-3-5-14-6-4-12)17-9-7-15-13(17)16-8-10-18-2/h3-7,9,11H,8,10H2,1-2H3,(H,15,16). The lowest BCUT2D eigenvalue weighted by Gasteiger charge is -2.17. The van der Waals surface area contributed by atoms with Gasteiger partial charge in [0.25, 0.3) is 0 Å². The summed E-state index contributed by atoms with van der Waals surface area (Å²) in [5, 5.41) is 3.26. The molecule has 0 bridgehead atoms. The highest BCUT2D eigenvalue weighted by molar-refractivity contribution is 5.29. The molecule has 0 aromatic carbocycles. The van der Waals surface area contributed by atoms with Crippen LogP contribution in [0.5, 0.6) is 0 Å². The molecule has 2 aromatic rings. The van der Waals surface area contributed by atoms with Crippen LogP contribution in [0.25, 0.3) is 0 Å². The van der Waals surface area contributed by atoms with Gasteiger partial charge in [0.05, 0.1) is 12.6 Å². The zero-order chi connectivity index (χ0) is 12.8. The van der Waals surface area contributed by atoms with Crippen LogP contribution in [0.1, 0.15) is 18.5 Å². The molecule has 1 unspecified atom stereocenters. The Kier molecular flexibility index (Phi) is 4.30. The molecule has 0 aliphatic heterocycles. The Morgan fingerprint density at radius 3 is 2.83 bits per heavy atom. The number of hydrogen-bond acceptors (Lipinski definition) is 4. The molecule has 0 saturated heterocycles. The lowest BCUT2D eigenvalue weighted by molar-refractivity contribution is 0.210. The van der Waals surface area contributed by atoms with E-state index in [9.17, 15) is 0 Å². The molecule has 18 heavy (non-hydrogen) atoms. The van der Waals surface area contributed by atoms with Gasteiger partial charge in [-0.3, -0.25) is 4.98 Å². The Morgan fingerprint density at radius 1 is 1.33 bits per heavy atom. The Morgan fingerprint density at radius 2 is 2.11 bits per heavy atom. The molecule has 0 saturated carbocycles. The lowest BCUT2D eigenvalue weighted by atomic mass is 10.1. The molecule has 0 fully saturated rings. The van der Waals surface area contributed by atoms with Gasteiger partial charge in [0, 0.05) is 38.4 Å². The summed E-state index contributed by atoms with van der Waals surface area (Å²) in [7, 11) is 1.69. The maximum Gasteiger partial charge on any atom is 0.203 e. The molecule has 0 aliphatic rings. The third-order valence-corrected chi connectivity index (χ3v) is 2.86. The highest BCUT2D eigenvalue weighted by Gasteiger charge is 2.11. The first-order chi connectivity index (χ1) is 8.83. The van der Waals surface area contributed by atoms with Crippen LogP contribution in [0, 0.1) is 0 Å². The molecule has 2 heterocycles. The fourth-order valence-corrected chi connectivity index (χ4v) is 1.83. The SMILES string of the molecule is COCCNc1nccn1C(C)c1ccncc1. The fraction of sp³-hybridized carbons (Fsp3) is 0.385. The van der Waals surface area contributed by atoms with Crippen LogP contribution < -0.4 is 5.32 Å². The van der Waals surface area contributed by atoms with E-state index in [0.29, 0.717) is 6.61 Å². The summed E-state index contributed by atoms with van der Waals surface area (Å²) in [6.45, 7) is 3.55. The van der Waals surface area contributed by atoms with Crippen molar-refractivity contribution in [2.24, 2.45) is 0 Å². The van der Waals surface area contributed by atoms with Gasteiger partial charge in [-0.2, -0.15) is 0 Å². The Bertz CT molecular complexity index is 469. The summed E-state index contributed by atoms with van der Waals surface area (Å²) >= 11 is 0. The number of rotatable bonds is 6. The first kappa shape index (κ1) is 12.6. The van der Waals surface area contributed by atoms with E-state index in [4.69, 9.17) is 4.74 Å². The van der Waals surface area contributed by atoms with Crippen molar-refractivity contribution in [1.29, 1.82) is 0 Å². The van der Waals surface area contributed by atoms with Gasteiger partial charge >= 0.3 is 0 Å².